The van der Waals surface area contributed by atoms with E-state index in [0.717, 1.165) is 0 Å². The zero-order chi connectivity index (χ0) is 13.5. The van der Waals surface area contributed by atoms with Crippen molar-refractivity contribution in [3.05, 3.63) is 0 Å². The van der Waals surface area contributed by atoms with Crippen LogP contribution < -0.4 is 0 Å². The van der Waals surface area contributed by atoms with Crippen LogP contribution in [0.4, 0.5) is 0 Å². The maximum Gasteiger partial charge on any atom is 0.0703 e. The monoisotopic (exact) mass is 252 g/mol. The molecule has 17 heavy (non-hydrogen) atoms. The fourth-order valence-corrected chi connectivity index (χ4v) is 0.788. The predicted octanol–water partition coefficient (Wildman–Crippen LogP) is 0.824. The maximum atomic E-state index is 7.62. The molecule has 0 heterocycles. The molecular formula is C12H28O5. The Labute approximate surface area is 105 Å². The van der Waals surface area contributed by atoms with Gasteiger partial charge in [-0.25, -0.2) is 0 Å². The van der Waals surface area contributed by atoms with E-state index in [1.807, 2.05) is 27.7 Å². The molecule has 0 aliphatic rings. The fraction of sp³-hybridized carbons (Fsp3) is 1.00. The molecule has 0 atom stereocenters. The fourth-order valence-electron chi connectivity index (χ4n) is 0.788. The minimum atomic E-state index is -0.125. The minimum absolute atomic E-state index is 0.125. The van der Waals surface area contributed by atoms with Crippen molar-refractivity contribution in [1.29, 1.82) is 0 Å². The third-order valence-electron chi connectivity index (χ3n) is 1.46. The lowest BCUT2D eigenvalue weighted by molar-refractivity contribution is -0.0124. The standard InChI is InChI=1S/C10H22O3.C2H6O2/c1-9(2)12-7-5-11-6-8-13-10(3)4;3-1-2-4/h9-10H,5-8H2,1-4H3;3-4H,1-2H2. The molecule has 5 nitrogen and oxygen atoms in total. The Morgan fingerprint density at radius 3 is 1.29 bits per heavy atom. The smallest absolute Gasteiger partial charge is 0.0703 e. The van der Waals surface area contributed by atoms with Crippen LogP contribution in [0.25, 0.3) is 0 Å². The van der Waals surface area contributed by atoms with Gasteiger partial charge in [-0.3, -0.25) is 0 Å². The highest BCUT2D eigenvalue weighted by molar-refractivity contribution is 4.39. The van der Waals surface area contributed by atoms with E-state index in [0.29, 0.717) is 26.4 Å². The third-order valence-corrected chi connectivity index (χ3v) is 1.46. The highest BCUT2D eigenvalue weighted by atomic mass is 16.5. The highest BCUT2D eigenvalue weighted by Crippen LogP contribution is 1.89. The van der Waals surface area contributed by atoms with E-state index in [1.54, 1.807) is 0 Å². The minimum Gasteiger partial charge on any atom is -0.394 e. The van der Waals surface area contributed by atoms with Crippen LogP contribution in [-0.4, -0.2) is 62.1 Å². The first-order valence-electron chi connectivity index (χ1n) is 6.07. The topological polar surface area (TPSA) is 68.2 Å². The van der Waals surface area contributed by atoms with Crippen LogP contribution in [0.15, 0.2) is 0 Å². The lowest BCUT2D eigenvalue weighted by Gasteiger charge is -2.09. The summed E-state index contributed by atoms with van der Waals surface area (Å²) < 4.78 is 15.9. The third kappa shape index (κ3) is 25.8. The van der Waals surface area contributed by atoms with Crippen LogP contribution in [0.5, 0.6) is 0 Å². The van der Waals surface area contributed by atoms with Crippen molar-refractivity contribution in [1.82, 2.24) is 0 Å². The second kappa shape index (κ2) is 15.8. The van der Waals surface area contributed by atoms with Gasteiger partial charge in [0, 0.05) is 0 Å². The number of hydrogen-bond acceptors (Lipinski definition) is 5. The van der Waals surface area contributed by atoms with Gasteiger partial charge in [0.05, 0.1) is 51.8 Å². The molecule has 0 saturated heterocycles. The van der Waals surface area contributed by atoms with Crippen molar-refractivity contribution >= 4 is 0 Å². The first-order valence-corrected chi connectivity index (χ1v) is 6.07. The van der Waals surface area contributed by atoms with Crippen molar-refractivity contribution < 1.29 is 24.4 Å². The molecule has 0 aromatic carbocycles. The van der Waals surface area contributed by atoms with Gasteiger partial charge in [0.2, 0.25) is 0 Å². The predicted molar refractivity (Wildman–Crippen MR) is 67.2 cm³/mol. The van der Waals surface area contributed by atoms with Gasteiger partial charge in [-0.15, -0.1) is 0 Å². The van der Waals surface area contributed by atoms with Crippen molar-refractivity contribution in [2.24, 2.45) is 0 Å². The summed E-state index contributed by atoms with van der Waals surface area (Å²) in [5, 5.41) is 15.2. The average Bonchev–Trinajstić information content (AvgIpc) is 2.27. The Bertz CT molecular complexity index is 114. The molecule has 0 aliphatic heterocycles. The number of hydrogen-bond donors (Lipinski definition) is 2. The zero-order valence-electron chi connectivity index (χ0n) is 11.5. The van der Waals surface area contributed by atoms with E-state index in [2.05, 4.69) is 0 Å². The summed E-state index contributed by atoms with van der Waals surface area (Å²) in [4.78, 5) is 0. The second-order valence-electron chi connectivity index (χ2n) is 3.90. The molecule has 0 fully saturated rings. The van der Waals surface area contributed by atoms with Gasteiger partial charge in [-0.1, -0.05) is 0 Å². The van der Waals surface area contributed by atoms with Crippen LogP contribution in [-0.2, 0) is 14.2 Å². The zero-order valence-corrected chi connectivity index (χ0v) is 11.5. The molecule has 0 saturated carbocycles. The van der Waals surface area contributed by atoms with E-state index in [-0.39, 0.29) is 25.4 Å². The molecule has 106 valence electrons. The number of aliphatic hydroxyl groups is 2. The molecule has 0 unspecified atom stereocenters. The molecule has 0 aromatic heterocycles. The first-order chi connectivity index (χ1) is 8.04. The van der Waals surface area contributed by atoms with Crippen molar-refractivity contribution in [2.45, 2.75) is 39.9 Å². The van der Waals surface area contributed by atoms with Gasteiger partial charge in [0.15, 0.2) is 0 Å². The van der Waals surface area contributed by atoms with Crippen LogP contribution >= 0.6 is 0 Å². The van der Waals surface area contributed by atoms with Gasteiger partial charge in [-0.2, -0.15) is 0 Å². The average molecular weight is 252 g/mol. The highest BCUT2D eigenvalue weighted by Gasteiger charge is 1.94. The maximum absolute atomic E-state index is 7.62. The Morgan fingerprint density at radius 2 is 1.06 bits per heavy atom. The SMILES string of the molecule is CC(C)OCCOCCOC(C)C.OCCO. The lowest BCUT2D eigenvalue weighted by atomic mass is 10.5. The van der Waals surface area contributed by atoms with Gasteiger partial charge in [0.25, 0.3) is 0 Å². The van der Waals surface area contributed by atoms with E-state index in [1.165, 1.54) is 0 Å². The van der Waals surface area contributed by atoms with Gasteiger partial charge < -0.3 is 24.4 Å². The first kappa shape index (κ1) is 19.1. The van der Waals surface area contributed by atoms with Crippen LogP contribution in [0.1, 0.15) is 27.7 Å². The summed E-state index contributed by atoms with van der Waals surface area (Å²) >= 11 is 0. The Balaban J connectivity index is 0. The van der Waals surface area contributed by atoms with Gasteiger partial charge >= 0.3 is 0 Å². The van der Waals surface area contributed by atoms with Crippen molar-refractivity contribution in [3.8, 4) is 0 Å². The summed E-state index contributed by atoms with van der Waals surface area (Å²) in [5.74, 6) is 0. The molecular weight excluding hydrogens is 224 g/mol. The molecule has 0 radical (unpaired) electrons. The van der Waals surface area contributed by atoms with Gasteiger partial charge in [-0.05, 0) is 27.7 Å². The largest absolute Gasteiger partial charge is 0.394 e. The molecule has 0 rings (SSSR count). The Morgan fingerprint density at radius 1 is 0.706 bits per heavy atom. The summed E-state index contributed by atoms with van der Waals surface area (Å²) in [7, 11) is 0. The lowest BCUT2D eigenvalue weighted by Crippen LogP contribution is -2.13. The van der Waals surface area contributed by atoms with Crippen molar-refractivity contribution in [3.63, 3.8) is 0 Å². The quantitative estimate of drug-likeness (QED) is 0.595. The van der Waals surface area contributed by atoms with Crippen molar-refractivity contribution in [2.75, 3.05) is 39.6 Å². The molecule has 5 heteroatoms. The Kier molecular flexibility index (Phi) is 17.8. The van der Waals surface area contributed by atoms with E-state index >= 15 is 0 Å². The molecule has 0 bridgehead atoms. The van der Waals surface area contributed by atoms with Crippen LogP contribution in [0.2, 0.25) is 0 Å². The number of ether oxygens (including phenoxy) is 3. The molecule has 2 N–H and O–H groups in total. The van der Waals surface area contributed by atoms with Gasteiger partial charge in [0.1, 0.15) is 0 Å². The Hall–Kier alpha value is -0.200. The van der Waals surface area contributed by atoms with E-state index in [4.69, 9.17) is 24.4 Å². The van der Waals surface area contributed by atoms with Crippen LogP contribution in [0.3, 0.4) is 0 Å². The number of aliphatic hydroxyl groups excluding tert-OH is 2. The van der Waals surface area contributed by atoms with E-state index in [9.17, 15) is 0 Å². The molecule has 0 spiro atoms. The van der Waals surface area contributed by atoms with E-state index < -0.39 is 0 Å². The molecule has 0 amide bonds. The number of rotatable bonds is 9. The summed E-state index contributed by atoms with van der Waals surface area (Å²) in [5.41, 5.74) is 0. The summed E-state index contributed by atoms with van der Waals surface area (Å²) in [6.45, 7) is 10.4. The van der Waals surface area contributed by atoms with Crippen LogP contribution in [0, 0.1) is 0 Å². The normalized spacial score (nSPS) is 10.6. The molecule has 0 aromatic rings. The summed E-state index contributed by atoms with van der Waals surface area (Å²) in [6, 6.07) is 0. The second-order valence-corrected chi connectivity index (χ2v) is 3.90. The summed E-state index contributed by atoms with van der Waals surface area (Å²) in [6.07, 6.45) is 0.575. The molecule has 0 aliphatic carbocycles.